The van der Waals surface area contributed by atoms with Crippen molar-refractivity contribution >= 4 is 12.0 Å². The Morgan fingerprint density at radius 3 is 1.96 bits per heavy atom. The minimum Gasteiger partial charge on any atom is -0.441 e. The van der Waals surface area contributed by atoms with Crippen molar-refractivity contribution in [1.29, 1.82) is 0 Å². The zero-order chi connectivity index (χ0) is 18.0. The molecular formula is C23H31NO2. The van der Waals surface area contributed by atoms with E-state index in [1.165, 1.54) is 38.5 Å². The van der Waals surface area contributed by atoms with Gasteiger partial charge in [-0.1, -0.05) is 75.4 Å². The maximum atomic E-state index is 13.3. The van der Waals surface area contributed by atoms with Crippen molar-refractivity contribution in [2.75, 3.05) is 0 Å². The van der Waals surface area contributed by atoms with Gasteiger partial charge in [-0.15, -0.1) is 0 Å². The van der Waals surface area contributed by atoms with Crippen LogP contribution in [0.3, 0.4) is 0 Å². The Labute approximate surface area is 157 Å². The van der Waals surface area contributed by atoms with Gasteiger partial charge in [-0.25, -0.2) is 4.79 Å². The number of benzene rings is 1. The molecule has 2 aliphatic carbocycles. The van der Waals surface area contributed by atoms with E-state index in [9.17, 15) is 4.79 Å². The average molecular weight is 354 g/mol. The number of cyclic esters (lactones) is 1. The van der Waals surface area contributed by atoms with Crippen LogP contribution in [0.5, 0.6) is 0 Å². The molecule has 1 aromatic carbocycles. The molecule has 3 heteroatoms. The number of carbonyl (C=O) groups is 1. The van der Waals surface area contributed by atoms with E-state index in [2.05, 4.69) is 24.0 Å². The van der Waals surface area contributed by atoms with Crippen molar-refractivity contribution in [2.45, 2.75) is 76.0 Å². The summed E-state index contributed by atoms with van der Waals surface area (Å²) >= 11 is 0. The van der Waals surface area contributed by atoms with Crippen LogP contribution in [0, 0.1) is 11.8 Å². The lowest BCUT2D eigenvalue weighted by molar-refractivity contribution is -0.150. The fourth-order valence-electron chi connectivity index (χ4n) is 5.49. The van der Waals surface area contributed by atoms with E-state index in [1.807, 2.05) is 18.2 Å². The van der Waals surface area contributed by atoms with Gasteiger partial charge in [0.25, 0.3) is 0 Å². The standard InChI is InChI=1S/C23H31NO2/c1-2-17-13-15-18(16-14-17)21-24-23(22(25)26-21,19-9-5-3-6-10-19)20-11-7-4-8-12-20/h2,13-16,19-21,24H,1,3-12H2. The molecule has 1 aromatic rings. The van der Waals surface area contributed by atoms with Crippen molar-refractivity contribution in [3.8, 4) is 0 Å². The topological polar surface area (TPSA) is 38.3 Å². The van der Waals surface area contributed by atoms with Crippen molar-refractivity contribution in [2.24, 2.45) is 11.8 Å². The summed E-state index contributed by atoms with van der Waals surface area (Å²) in [6, 6.07) is 8.19. The highest BCUT2D eigenvalue weighted by molar-refractivity contribution is 5.84. The van der Waals surface area contributed by atoms with E-state index >= 15 is 0 Å². The first-order valence-electron chi connectivity index (χ1n) is 10.4. The Morgan fingerprint density at radius 1 is 0.923 bits per heavy atom. The molecule has 0 aromatic heterocycles. The van der Waals surface area contributed by atoms with Crippen LogP contribution >= 0.6 is 0 Å². The summed E-state index contributed by atoms with van der Waals surface area (Å²) in [5.74, 6) is 0.850. The fourth-order valence-corrected chi connectivity index (χ4v) is 5.49. The number of hydrogen-bond acceptors (Lipinski definition) is 3. The summed E-state index contributed by atoms with van der Waals surface area (Å²) in [6.07, 6.45) is 13.7. The summed E-state index contributed by atoms with van der Waals surface area (Å²) in [7, 11) is 0. The number of nitrogens with one attached hydrogen (secondary N) is 1. The van der Waals surface area contributed by atoms with Gasteiger partial charge in [0.1, 0.15) is 5.54 Å². The van der Waals surface area contributed by atoms with E-state index in [-0.39, 0.29) is 12.2 Å². The van der Waals surface area contributed by atoms with Crippen LogP contribution in [0.2, 0.25) is 0 Å². The summed E-state index contributed by atoms with van der Waals surface area (Å²) in [4.78, 5) is 13.3. The van der Waals surface area contributed by atoms with Gasteiger partial charge in [0.15, 0.2) is 6.23 Å². The van der Waals surface area contributed by atoms with Gasteiger partial charge in [0.2, 0.25) is 0 Å². The minimum atomic E-state index is -0.470. The predicted octanol–water partition coefficient (Wildman–Crippen LogP) is 5.37. The van der Waals surface area contributed by atoms with Gasteiger partial charge in [-0.05, 0) is 43.1 Å². The molecule has 0 spiro atoms. The summed E-state index contributed by atoms with van der Waals surface area (Å²) < 4.78 is 5.97. The summed E-state index contributed by atoms with van der Waals surface area (Å²) in [5, 5.41) is 3.75. The molecule has 3 nitrogen and oxygen atoms in total. The number of rotatable bonds is 4. The highest BCUT2D eigenvalue weighted by atomic mass is 16.6. The lowest BCUT2D eigenvalue weighted by Gasteiger charge is -2.44. The molecule has 140 valence electrons. The first-order valence-corrected chi connectivity index (χ1v) is 10.4. The van der Waals surface area contributed by atoms with Gasteiger partial charge in [-0.3, -0.25) is 5.32 Å². The predicted molar refractivity (Wildman–Crippen MR) is 104 cm³/mol. The second-order valence-corrected chi connectivity index (χ2v) is 8.34. The molecule has 2 saturated carbocycles. The molecule has 1 unspecified atom stereocenters. The molecule has 0 radical (unpaired) electrons. The third kappa shape index (κ3) is 3.11. The molecule has 1 atom stereocenters. The van der Waals surface area contributed by atoms with Gasteiger partial charge in [-0.2, -0.15) is 0 Å². The average Bonchev–Trinajstić information content (AvgIpc) is 3.07. The van der Waals surface area contributed by atoms with Crippen LogP contribution in [-0.2, 0) is 9.53 Å². The summed E-state index contributed by atoms with van der Waals surface area (Å²) in [5.41, 5.74) is 1.66. The van der Waals surface area contributed by atoms with Crippen LogP contribution in [-0.4, -0.2) is 11.5 Å². The van der Waals surface area contributed by atoms with Gasteiger partial charge >= 0.3 is 5.97 Å². The number of hydrogen-bond donors (Lipinski definition) is 1. The fraction of sp³-hybridized carbons (Fsp3) is 0.609. The number of ether oxygens (including phenoxy) is 1. The van der Waals surface area contributed by atoms with Crippen LogP contribution in [0.15, 0.2) is 30.8 Å². The lowest BCUT2D eigenvalue weighted by atomic mass is 9.64. The molecule has 3 fully saturated rings. The SMILES string of the molecule is C=Cc1ccc(C2NC(C3CCCCC3)(C3CCCCC3)C(=O)O2)cc1. The second kappa shape index (κ2) is 7.56. The van der Waals surface area contributed by atoms with E-state index in [0.717, 1.165) is 36.8 Å². The quantitative estimate of drug-likeness (QED) is 0.739. The minimum absolute atomic E-state index is 0.00842. The monoisotopic (exact) mass is 353 g/mol. The number of carbonyl (C=O) groups excluding carboxylic acids is 1. The van der Waals surface area contributed by atoms with Crippen molar-refractivity contribution in [3.63, 3.8) is 0 Å². The zero-order valence-electron chi connectivity index (χ0n) is 15.7. The maximum Gasteiger partial charge on any atom is 0.328 e. The molecule has 1 aliphatic heterocycles. The zero-order valence-corrected chi connectivity index (χ0v) is 15.7. The van der Waals surface area contributed by atoms with Crippen molar-refractivity contribution in [1.82, 2.24) is 5.32 Å². The molecule has 1 N–H and O–H groups in total. The van der Waals surface area contributed by atoms with Gasteiger partial charge in [0, 0.05) is 5.56 Å². The van der Waals surface area contributed by atoms with E-state index < -0.39 is 5.54 Å². The van der Waals surface area contributed by atoms with Crippen LogP contribution < -0.4 is 5.32 Å². The first kappa shape index (κ1) is 17.8. The Morgan fingerprint density at radius 2 is 1.46 bits per heavy atom. The third-order valence-electron chi connectivity index (χ3n) is 6.91. The molecule has 0 amide bonds. The number of esters is 1. The molecule has 4 rings (SSSR count). The lowest BCUT2D eigenvalue weighted by Crippen LogP contribution is -2.58. The van der Waals surface area contributed by atoms with Gasteiger partial charge < -0.3 is 4.74 Å². The molecule has 26 heavy (non-hydrogen) atoms. The second-order valence-electron chi connectivity index (χ2n) is 8.34. The van der Waals surface area contributed by atoms with Crippen molar-refractivity contribution in [3.05, 3.63) is 42.0 Å². The van der Waals surface area contributed by atoms with Crippen LogP contribution in [0.25, 0.3) is 6.08 Å². The van der Waals surface area contributed by atoms with Crippen LogP contribution in [0.1, 0.15) is 81.6 Å². The highest BCUT2D eigenvalue weighted by Crippen LogP contribution is 2.48. The summed E-state index contributed by atoms with van der Waals surface area (Å²) in [6.45, 7) is 3.81. The Balaban J connectivity index is 1.63. The molecule has 1 saturated heterocycles. The highest BCUT2D eigenvalue weighted by Gasteiger charge is 2.58. The Hall–Kier alpha value is -1.61. The molecule has 0 bridgehead atoms. The largest absolute Gasteiger partial charge is 0.441 e. The van der Waals surface area contributed by atoms with Crippen molar-refractivity contribution < 1.29 is 9.53 Å². The first-order chi connectivity index (χ1) is 12.7. The maximum absolute atomic E-state index is 13.3. The Kier molecular flexibility index (Phi) is 5.17. The van der Waals surface area contributed by atoms with Gasteiger partial charge in [0.05, 0.1) is 0 Å². The Bertz CT molecular complexity index is 621. The molecule has 3 aliphatic rings. The van der Waals surface area contributed by atoms with E-state index in [4.69, 9.17) is 4.74 Å². The normalized spacial score (nSPS) is 27.2. The smallest absolute Gasteiger partial charge is 0.328 e. The van der Waals surface area contributed by atoms with E-state index in [1.54, 1.807) is 0 Å². The van der Waals surface area contributed by atoms with Crippen LogP contribution in [0.4, 0.5) is 0 Å². The molecular weight excluding hydrogens is 322 g/mol. The molecule has 1 heterocycles. The third-order valence-corrected chi connectivity index (χ3v) is 6.91. The van der Waals surface area contributed by atoms with E-state index in [0.29, 0.717) is 11.8 Å².